The van der Waals surface area contributed by atoms with Crippen LogP contribution < -0.4 is 5.56 Å². The fourth-order valence-electron chi connectivity index (χ4n) is 4.82. The standard InChI is InChI=1S/C28H28N4O2S2/c1-18(2)22-15-21-23(16-34-22)36-26-24(21)25(33)31(14-13-19-9-5-3-6-10-19)27-29-30-28(32(26)27)35-17-20-11-7-4-8-12-20/h3-12,18,22H,13-17H2,1-2H3. The van der Waals surface area contributed by atoms with Gasteiger partial charge in [0.15, 0.2) is 5.16 Å². The van der Waals surface area contributed by atoms with E-state index in [1.54, 1.807) is 23.1 Å². The molecule has 0 bridgehead atoms. The van der Waals surface area contributed by atoms with Crippen LogP contribution in [0.25, 0.3) is 16.0 Å². The number of aromatic nitrogens is 4. The zero-order valence-corrected chi connectivity index (χ0v) is 22.0. The Bertz CT molecular complexity index is 1570. The molecule has 0 saturated carbocycles. The minimum absolute atomic E-state index is 0.0300. The Morgan fingerprint density at radius 1 is 1.06 bits per heavy atom. The number of aryl methyl sites for hydroxylation is 2. The number of thioether (sulfide) groups is 1. The summed E-state index contributed by atoms with van der Waals surface area (Å²) in [7, 11) is 0. The van der Waals surface area contributed by atoms with Gasteiger partial charge < -0.3 is 4.74 Å². The molecule has 4 heterocycles. The van der Waals surface area contributed by atoms with Crippen molar-refractivity contribution in [2.24, 2.45) is 5.92 Å². The number of ether oxygens (including phenoxy) is 1. The van der Waals surface area contributed by atoms with Crippen LogP contribution in [-0.2, 0) is 36.5 Å². The van der Waals surface area contributed by atoms with Crippen molar-refractivity contribution < 1.29 is 4.74 Å². The molecule has 0 spiro atoms. The summed E-state index contributed by atoms with van der Waals surface area (Å²) in [4.78, 5) is 16.1. The number of hydrogen-bond donors (Lipinski definition) is 0. The predicted octanol–water partition coefficient (Wildman–Crippen LogP) is 5.74. The van der Waals surface area contributed by atoms with E-state index >= 15 is 0 Å². The van der Waals surface area contributed by atoms with Crippen molar-refractivity contribution in [3.8, 4) is 0 Å². The first-order valence-electron chi connectivity index (χ1n) is 12.3. The first-order valence-corrected chi connectivity index (χ1v) is 14.1. The molecule has 0 saturated heterocycles. The lowest BCUT2D eigenvalue weighted by molar-refractivity contribution is 0.00200. The highest BCUT2D eigenvalue weighted by Crippen LogP contribution is 2.37. The Hall–Kier alpha value is -2.94. The summed E-state index contributed by atoms with van der Waals surface area (Å²) in [5.41, 5.74) is 3.60. The molecule has 6 nitrogen and oxygen atoms in total. The summed E-state index contributed by atoms with van der Waals surface area (Å²) in [6, 6.07) is 20.7. The Kier molecular flexibility index (Phi) is 6.41. The minimum Gasteiger partial charge on any atom is -0.372 e. The molecule has 0 N–H and O–H groups in total. The van der Waals surface area contributed by atoms with E-state index in [0.717, 1.165) is 44.4 Å². The molecular weight excluding hydrogens is 488 g/mol. The molecule has 8 heteroatoms. The van der Waals surface area contributed by atoms with Crippen molar-refractivity contribution >= 4 is 39.1 Å². The molecule has 184 valence electrons. The summed E-state index contributed by atoms with van der Waals surface area (Å²) in [5, 5.41) is 10.7. The zero-order valence-electron chi connectivity index (χ0n) is 20.4. The molecule has 0 aliphatic carbocycles. The highest BCUT2D eigenvalue weighted by Gasteiger charge is 2.29. The average molecular weight is 517 g/mol. The van der Waals surface area contributed by atoms with Crippen molar-refractivity contribution in [3.05, 3.63) is 92.6 Å². The lowest BCUT2D eigenvalue weighted by atomic mass is 9.96. The molecule has 1 unspecified atom stereocenters. The van der Waals surface area contributed by atoms with Crippen molar-refractivity contribution in [1.29, 1.82) is 0 Å². The maximum absolute atomic E-state index is 14.0. The molecule has 0 fully saturated rings. The smallest absolute Gasteiger partial charge is 0.263 e. The van der Waals surface area contributed by atoms with E-state index in [1.165, 1.54) is 11.1 Å². The van der Waals surface area contributed by atoms with Crippen LogP contribution in [0, 0.1) is 5.92 Å². The lowest BCUT2D eigenvalue weighted by Gasteiger charge is -2.26. The van der Waals surface area contributed by atoms with Crippen LogP contribution in [0.1, 0.15) is 35.4 Å². The number of thiophene rings is 1. The van der Waals surface area contributed by atoms with E-state index < -0.39 is 0 Å². The third-order valence-corrected chi connectivity index (χ3v) is 9.04. The first kappa shape index (κ1) is 23.5. The van der Waals surface area contributed by atoms with Crippen LogP contribution in [0.2, 0.25) is 0 Å². The Morgan fingerprint density at radius 2 is 1.78 bits per heavy atom. The Morgan fingerprint density at radius 3 is 2.50 bits per heavy atom. The van der Waals surface area contributed by atoms with Gasteiger partial charge >= 0.3 is 0 Å². The van der Waals surface area contributed by atoms with Gasteiger partial charge in [-0.3, -0.25) is 9.36 Å². The highest BCUT2D eigenvalue weighted by molar-refractivity contribution is 7.98. The van der Waals surface area contributed by atoms with E-state index in [-0.39, 0.29) is 11.7 Å². The van der Waals surface area contributed by atoms with Gasteiger partial charge in [-0.2, -0.15) is 0 Å². The van der Waals surface area contributed by atoms with Crippen LogP contribution in [0.4, 0.5) is 0 Å². The van der Waals surface area contributed by atoms with Crippen LogP contribution in [0.3, 0.4) is 0 Å². The number of fused-ring (bicyclic) bond motifs is 5. The molecule has 0 radical (unpaired) electrons. The van der Waals surface area contributed by atoms with Gasteiger partial charge in [0.2, 0.25) is 5.78 Å². The van der Waals surface area contributed by atoms with Crippen LogP contribution in [-0.4, -0.2) is 25.3 Å². The summed E-state index contributed by atoms with van der Waals surface area (Å²) < 4.78 is 10.1. The van der Waals surface area contributed by atoms with Gasteiger partial charge in [0.1, 0.15) is 4.83 Å². The molecule has 0 amide bonds. The quantitative estimate of drug-likeness (QED) is 0.258. The van der Waals surface area contributed by atoms with E-state index in [2.05, 4.69) is 64.8 Å². The van der Waals surface area contributed by atoms with Crippen LogP contribution in [0.15, 0.2) is 70.6 Å². The van der Waals surface area contributed by atoms with Gasteiger partial charge in [-0.15, -0.1) is 21.5 Å². The number of benzene rings is 2. The molecule has 2 aromatic carbocycles. The average Bonchev–Trinajstić information content (AvgIpc) is 3.50. The van der Waals surface area contributed by atoms with Gasteiger partial charge in [0.25, 0.3) is 5.56 Å². The van der Waals surface area contributed by atoms with Gasteiger partial charge in [-0.05, 0) is 29.0 Å². The molecule has 3 aromatic heterocycles. The third-order valence-electron chi connectivity index (χ3n) is 6.85. The summed E-state index contributed by atoms with van der Waals surface area (Å²) in [6.07, 6.45) is 1.64. The van der Waals surface area contributed by atoms with E-state index in [1.807, 2.05) is 28.8 Å². The second-order valence-electron chi connectivity index (χ2n) is 9.57. The summed E-state index contributed by atoms with van der Waals surface area (Å²) in [5.74, 6) is 1.79. The molecule has 1 atom stereocenters. The van der Waals surface area contributed by atoms with Gasteiger partial charge in [0, 0.05) is 23.6 Å². The topological polar surface area (TPSA) is 61.4 Å². The van der Waals surface area contributed by atoms with E-state index in [4.69, 9.17) is 4.74 Å². The number of hydrogen-bond acceptors (Lipinski definition) is 6. The maximum Gasteiger partial charge on any atom is 0.263 e. The second kappa shape index (κ2) is 9.84. The number of rotatable bonds is 7. The predicted molar refractivity (Wildman–Crippen MR) is 146 cm³/mol. The van der Waals surface area contributed by atoms with Crippen molar-refractivity contribution in [2.75, 3.05) is 0 Å². The molecule has 36 heavy (non-hydrogen) atoms. The SMILES string of the molecule is CC(C)C1Cc2c(sc3c2c(=O)n(CCc2ccccc2)c2nnc(SCc4ccccc4)n32)CO1. The van der Waals surface area contributed by atoms with Crippen molar-refractivity contribution in [1.82, 2.24) is 19.2 Å². The molecule has 1 aliphatic rings. The fraction of sp³-hybridized carbons (Fsp3) is 0.321. The molecule has 5 aromatic rings. The largest absolute Gasteiger partial charge is 0.372 e. The highest BCUT2D eigenvalue weighted by atomic mass is 32.2. The monoisotopic (exact) mass is 516 g/mol. The van der Waals surface area contributed by atoms with E-state index in [9.17, 15) is 4.79 Å². The van der Waals surface area contributed by atoms with E-state index in [0.29, 0.717) is 24.8 Å². The Labute approximate surface area is 217 Å². The zero-order chi connectivity index (χ0) is 24.6. The van der Waals surface area contributed by atoms with Gasteiger partial charge in [0.05, 0.1) is 18.1 Å². The second-order valence-corrected chi connectivity index (χ2v) is 11.6. The normalized spacial score (nSPS) is 15.7. The van der Waals surface area contributed by atoms with Crippen LogP contribution >= 0.6 is 23.1 Å². The minimum atomic E-state index is 0.0300. The molecule has 1 aliphatic heterocycles. The molecular formula is C28H28N4O2S2. The fourth-order valence-corrected chi connectivity index (χ4v) is 7.01. The summed E-state index contributed by atoms with van der Waals surface area (Å²) in [6.45, 7) is 5.47. The lowest BCUT2D eigenvalue weighted by Crippen LogP contribution is -2.29. The molecule has 6 rings (SSSR count). The van der Waals surface area contributed by atoms with Gasteiger partial charge in [-0.25, -0.2) is 4.40 Å². The van der Waals surface area contributed by atoms with Crippen molar-refractivity contribution in [3.63, 3.8) is 0 Å². The third kappa shape index (κ3) is 4.27. The summed E-state index contributed by atoms with van der Waals surface area (Å²) >= 11 is 3.31. The first-order chi connectivity index (χ1) is 17.6. The van der Waals surface area contributed by atoms with Crippen LogP contribution in [0.5, 0.6) is 0 Å². The Balaban J connectivity index is 1.49. The maximum atomic E-state index is 14.0. The van der Waals surface area contributed by atoms with Crippen molar-refractivity contribution in [2.45, 2.75) is 56.9 Å². The van der Waals surface area contributed by atoms with Gasteiger partial charge in [-0.1, -0.05) is 86.3 Å². The number of nitrogens with zero attached hydrogens (tertiary/aromatic N) is 4.